The van der Waals surface area contributed by atoms with Gasteiger partial charge in [0.1, 0.15) is 5.75 Å². The zero-order valence-corrected chi connectivity index (χ0v) is 13.0. The van der Waals surface area contributed by atoms with Gasteiger partial charge in [0.15, 0.2) is 6.29 Å². The maximum Gasteiger partial charge on any atom is 0.153 e. The Labute approximate surface area is 117 Å². The van der Waals surface area contributed by atoms with Gasteiger partial charge in [0.2, 0.25) is 0 Å². The third-order valence-electron chi connectivity index (χ3n) is 3.19. The molecule has 0 fully saturated rings. The van der Waals surface area contributed by atoms with Crippen LogP contribution >= 0.6 is 0 Å². The summed E-state index contributed by atoms with van der Waals surface area (Å²) in [6, 6.07) is 5.94. The van der Waals surface area contributed by atoms with Crippen molar-refractivity contribution in [3.05, 3.63) is 29.3 Å². The van der Waals surface area contributed by atoms with Gasteiger partial charge in [-0.25, -0.2) is 0 Å². The Balaban J connectivity index is 3.11. The van der Waals surface area contributed by atoms with Crippen molar-refractivity contribution in [2.45, 2.75) is 53.4 Å². The van der Waals surface area contributed by atoms with E-state index in [1.54, 1.807) is 0 Å². The normalized spacial score (nSPS) is 12.3. The van der Waals surface area contributed by atoms with Gasteiger partial charge in [0.05, 0.1) is 12.2 Å². The van der Waals surface area contributed by atoms with E-state index in [4.69, 9.17) is 4.74 Å². The van der Waals surface area contributed by atoms with E-state index in [1.807, 2.05) is 19.1 Å². The summed E-state index contributed by atoms with van der Waals surface area (Å²) in [4.78, 5) is 11.2. The fraction of sp³-hybridized carbons (Fsp3) is 0.588. The van der Waals surface area contributed by atoms with Gasteiger partial charge in [-0.3, -0.25) is 4.79 Å². The minimum absolute atomic E-state index is 0.0424. The largest absolute Gasteiger partial charge is 0.493 e. The molecule has 1 aromatic rings. The first-order valence-corrected chi connectivity index (χ1v) is 6.92. The summed E-state index contributed by atoms with van der Waals surface area (Å²) in [5.41, 5.74) is 2.12. The van der Waals surface area contributed by atoms with E-state index in [0.29, 0.717) is 17.9 Å². The molecule has 0 aliphatic rings. The van der Waals surface area contributed by atoms with Crippen LogP contribution in [-0.4, -0.2) is 12.9 Å². The van der Waals surface area contributed by atoms with Gasteiger partial charge in [0, 0.05) is 0 Å². The average molecular weight is 262 g/mol. The Kier molecular flexibility index (Phi) is 4.78. The van der Waals surface area contributed by atoms with Crippen LogP contribution in [0.1, 0.15) is 63.9 Å². The van der Waals surface area contributed by atoms with Crippen LogP contribution < -0.4 is 4.74 Å². The van der Waals surface area contributed by atoms with Crippen LogP contribution in [0.3, 0.4) is 0 Å². The number of ether oxygens (including phenoxy) is 1. The quantitative estimate of drug-likeness (QED) is 0.724. The number of carbonyl (C=O) groups excluding carboxylic acids is 1. The molecule has 0 amide bonds. The lowest BCUT2D eigenvalue weighted by Gasteiger charge is -2.33. The molecule has 0 saturated carbocycles. The molecule has 0 atom stereocenters. The van der Waals surface area contributed by atoms with Crippen molar-refractivity contribution < 1.29 is 9.53 Å². The molecule has 0 heterocycles. The first-order valence-electron chi connectivity index (χ1n) is 6.92. The second-order valence-electron chi connectivity index (χ2n) is 6.92. The fourth-order valence-corrected chi connectivity index (χ4v) is 2.78. The van der Waals surface area contributed by atoms with Crippen LogP contribution in [0.4, 0.5) is 0 Å². The van der Waals surface area contributed by atoms with Crippen LogP contribution in [0.15, 0.2) is 18.2 Å². The highest BCUT2D eigenvalue weighted by atomic mass is 16.5. The smallest absolute Gasteiger partial charge is 0.153 e. The zero-order valence-electron chi connectivity index (χ0n) is 13.0. The molecule has 1 rings (SSSR count). The summed E-state index contributed by atoms with van der Waals surface area (Å²) in [5.74, 6) is 0.674. The summed E-state index contributed by atoms with van der Waals surface area (Å²) >= 11 is 0. The van der Waals surface area contributed by atoms with Gasteiger partial charge in [-0.05, 0) is 41.9 Å². The second-order valence-corrected chi connectivity index (χ2v) is 6.92. The van der Waals surface area contributed by atoms with Crippen molar-refractivity contribution in [3.63, 3.8) is 0 Å². The Morgan fingerprint density at radius 1 is 1.16 bits per heavy atom. The standard InChI is InChI=1S/C17H26O2/c1-7-19-15-9-8-14(10-13(15)11-18)17(5,6)12-16(2,3)4/h8-11H,7,12H2,1-6H3. The van der Waals surface area contributed by atoms with Crippen molar-refractivity contribution >= 4 is 6.29 Å². The van der Waals surface area contributed by atoms with E-state index in [-0.39, 0.29) is 10.8 Å². The molecule has 0 saturated heterocycles. The average Bonchev–Trinajstić information content (AvgIpc) is 2.26. The van der Waals surface area contributed by atoms with Gasteiger partial charge < -0.3 is 4.74 Å². The van der Waals surface area contributed by atoms with Crippen molar-refractivity contribution in [2.75, 3.05) is 6.61 Å². The van der Waals surface area contributed by atoms with Gasteiger partial charge in [-0.1, -0.05) is 40.7 Å². The molecule has 0 spiro atoms. The third kappa shape index (κ3) is 4.38. The number of hydrogen-bond donors (Lipinski definition) is 0. The number of carbonyl (C=O) groups is 1. The second kappa shape index (κ2) is 5.77. The van der Waals surface area contributed by atoms with E-state index in [9.17, 15) is 4.79 Å². The number of benzene rings is 1. The highest BCUT2D eigenvalue weighted by molar-refractivity contribution is 5.79. The summed E-state index contributed by atoms with van der Waals surface area (Å²) in [6.07, 6.45) is 1.94. The fourth-order valence-electron chi connectivity index (χ4n) is 2.78. The van der Waals surface area contributed by atoms with Gasteiger partial charge in [0.25, 0.3) is 0 Å². The molecule has 0 aliphatic heterocycles. The van der Waals surface area contributed by atoms with E-state index >= 15 is 0 Å². The van der Waals surface area contributed by atoms with Crippen LogP contribution in [0, 0.1) is 5.41 Å². The summed E-state index contributed by atoms with van der Waals surface area (Å²) in [7, 11) is 0. The minimum atomic E-state index is 0.0424. The van der Waals surface area contributed by atoms with E-state index in [0.717, 1.165) is 12.7 Å². The van der Waals surface area contributed by atoms with Crippen LogP contribution in [0.5, 0.6) is 5.75 Å². The SMILES string of the molecule is CCOc1ccc(C(C)(C)CC(C)(C)C)cc1C=O. The zero-order chi connectivity index (χ0) is 14.7. The predicted octanol–water partition coefficient (Wildman–Crippen LogP) is 4.61. The van der Waals surface area contributed by atoms with E-state index in [1.165, 1.54) is 5.56 Å². The molecular formula is C17H26O2. The summed E-state index contributed by atoms with van der Waals surface area (Å²) in [6.45, 7) is 13.7. The minimum Gasteiger partial charge on any atom is -0.493 e. The lowest BCUT2D eigenvalue weighted by molar-refractivity contribution is 0.111. The number of aldehydes is 1. The van der Waals surface area contributed by atoms with Crippen molar-refractivity contribution in [2.24, 2.45) is 5.41 Å². The Morgan fingerprint density at radius 3 is 2.26 bits per heavy atom. The van der Waals surface area contributed by atoms with Crippen molar-refractivity contribution in [1.82, 2.24) is 0 Å². The lowest BCUT2D eigenvalue weighted by Crippen LogP contribution is -2.25. The van der Waals surface area contributed by atoms with Gasteiger partial charge in [-0.15, -0.1) is 0 Å². The molecule has 1 aromatic carbocycles. The highest BCUT2D eigenvalue weighted by Crippen LogP contribution is 2.37. The maximum absolute atomic E-state index is 11.2. The first-order chi connectivity index (χ1) is 8.69. The number of hydrogen-bond acceptors (Lipinski definition) is 2. The van der Waals surface area contributed by atoms with Crippen LogP contribution in [0.2, 0.25) is 0 Å². The van der Waals surface area contributed by atoms with Crippen molar-refractivity contribution in [1.29, 1.82) is 0 Å². The molecule has 106 valence electrons. The molecule has 0 aliphatic carbocycles. The molecule has 2 nitrogen and oxygen atoms in total. The molecular weight excluding hydrogens is 236 g/mol. The monoisotopic (exact) mass is 262 g/mol. The topological polar surface area (TPSA) is 26.3 Å². The van der Waals surface area contributed by atoms with Gasteiger partial charge in [-0.2, -0.15) is 0 Å². The molecule has 0 bridgehead atoms. The molecule has 0 radical (unpaired) electrons. The van der Waals surface area contributed by atoms with E-state index < -0.39 is 0 Å². The summed E-state index contributed by atoms with van der Waals surface area (Å²) < 4.78 is 5.47. The highest BCUT2D eigenvalue weighted by Gasteiger charge is 2.27. The molecule has 0 unspecified atom stereocenters. The predicted molar refractivity (Wildman–Crippen MR) is 80.1 cm³/mol. The Bertz CT molecular complexity index is 439. The first kappa shape index (κ1) is 15.7. The Morgan fingerprint density at radius 2 is 1.79 bits per heavy atom. The third-order valence-corrected chi connectivity index (χ3v) is 3.19. The van der Waals surface area contributed by atoms with Crippen molar-refractivity contribution in [3.8, 4) is 5.75 Å². The van der Waals surface area contributed by atoms with Gasteiger partial charge >= 0.3 is 0 Å². The molecule has 0 aromatic heterocycles. The van der Waals surface area contributed by atoms with E-state index in [2.05, 4.69) is 40.7 Å². The summed E-state index contributed by atoms with van der Waals surface area (Å²) in [5, 5.41) is 0. The van der Waals surface area contributed by atoms with Crippen LogP contribution in [0.25, 0.3) is 0 Å². The molecule has 0 N–H and O–H groups in total. The van der Waals surface area contributed by atoms with Crippen LogP contribution in [-0.2, 0) is 5.41 Å². The molecule has 2 heteroatoms. The molecule has 19 heavy (non-hydrogen) atoms. The maximum atomic E-state index is 11.2. The number of rotatable bonds is 5. The Hall–Kier alpha value is -1.31. The lowest BCUT2D eigenvalue weighted by atomic mass is 9.72.